The van der Waals surface area contributed by atoms with Crippen LogP contribution < -0.4 is 4.74 Å². The second-order valence-electron chi connectivity index (χ2n) is 11.6. The topological polar surface area (TPSA) is 65.7 Å². The van der Waals surface area contributed by atoms with Crippen molar-refractivity contribution in [1.82, 2.24) is 24.5 Å². The van der Waals surface area contributed by atoms with Crippen molar-refractivity contribution in [3.05, 3.63) is 76.9 Å². The maximum atomic E-state index is 13.3. The summed E-state index contributed by atoms with van der Waals surface area (Å²) in [6.45, 7) is 12.5. The van der Waals surface area contributed by atoms with Crippen molar-refractivity contribution < 1.29 is 17.9 Å². The molecule has 0 saturated carbocycles. The van der Waals surface area contributed by atoms with E-state index in [-0.39, 0.29) is 23.9 Å². The zero-order chi connectivity index (χ0) is 28.8. The number of pyridine rings is 1. The molecule has 0 atom stereocenters. The van der Waals surface area contributed by atoms with Crippen LogP contribution in [-0.4, -0.2) is 24.5 Å². The first-order chi connectivity index (χ1) is 18.8. The summed E-state index contributed by atoms with van der Waals surface area (Å²) in [6.07, 6.45) is -0.0849. The van der Waals surface area contributed by atoms with Gasteiger partial charge in [0.2, 0.25) is 5.88 Å². The highest BCUT2D eigenvalue weighted by atomic mass is 19.4. The van der Waals surface area contributed by atoms with Gasteiger partial charge in [0.25, 0.3) is 0 Å². The molecule has 4 aromatic rings. The van der Waals surface area contributed by atoms with Crippen molar-refractivity contribution in [2.75, 3.05) is 0 Å². The minimum atomic E-state index is -4.52. The van der Waals surface area contributed by atoms with Crippen LogP contribution in [0.15, 0.2) is 48.8 Å². The third-order valence-corrected chi connectivity index (χ3v) is 7.44. The van der Waals surface area contributed by atoms with Gasteiger partial charge in [0.1, 0.15) is 12.3 Å². The fourth-order valence-corrected chi connectivity index (χ4v) is 5.16. The van der Waals surface area contributed by atoms with Gasteiger partial charge in [-0.3, -0.25) is 4.98 Å². The predicted octanol–water partition coefficient (Wildman–Crippen LogP) is 7.93. The van der Waals surface area contributed by atoms with Gasteiger partial charge in [0.05, 0.1) is 5.69 Å². The molecular weight excluding hydrogens is 515 g/mol. The van der Waals surface area contributed by atoms with Gasteiger partial charge in [-0.05, 0) is 44.2 Å². The fourth-order valence-electron chi connectivity index (χ4n) is 5.16. The highest BCUT2D eigenvalue weighted by molar-refractivity contribution is 5.63. The van der Waals surface area contributed by atoms with E-state index in [4.69, 9.17) is 14.7 Å². The Hall–Kier alpha value is -3.75. The van der Waals surface area contributed by atoms with E-state index < -0.39 is 11.9 Å². The molecule has 0 spiro atoms. The van der Waals surface area contributed by atoms with E-state index in [2.05, 4.69) is 49.8 Å². The molecular formula is C31H34F3N5O. The van der Waals surface area contributed by atoms with Crippen molar-refractivity contribution in [3.8, 4) is 28.8 Å². The monoisotopic (exact) mass is 549 g/mol. The van der Waals surface area contributed by atoms with Gasteiger partial charge in [-0.25, -0.2) is 9.97 Å². The third-order valence-electron chi connectivity index (χ3n) is 7.44. The van der Waals surface area contributed by atoms with Crippen LogP contribution in [0.4, 0.5) is 13.2 Å². The molecule has 3 heterocycles. The van der Waals surface area contributed by atoms with Crippen LogP contribution in [0, 0.1) is 0 Å². The summed E-state index contributed by atoms with van der Waals surface area (Å²) in [7, 11) is 0. The molecule has 1 aliphatic carbocycles. The van der Waals surface area contributed by atoms with E-state index in [1.165, 1.54) is 10.1 Å². The quantitative estimate of drug-likeness (QED) is 0.234. The summed E-state index contributed by atoms with van der Waals surface area (Å²) in [4.78, 5) is 18.2. The lowest BCUT2D eigenvalue weighted by atomic mass is 9.90. The van der Waals surface area contributed by atoms with Gasteiger partial charge in [-0.2, -0.15) is 18.2 Å². The average molecular weight is 550 g/mol. The van der Waals surface area contributed by atoms with Crippen molar-refractivity contribution in [2.24, 2.45) is 0 Å². The molecule has 210 valence electrons. The number of benzene rings is 1. The summed E-state index contributed by atoms with van der Waals surface area (Å²) in [5.74, 6) is 1.72. The Morgan fingerprint density at radius 1 is 1.00 bits per heavy atom. The standard InChI is InChI=1S/C31H34F3N5O/c1-18(2)21-9-7-8-10-22(21)27-37-26-23(13-14-30(26,5)6)29(38-27)40-17-20-11-12-24(35-15-20)28-36-25(31(32,33)34)16-39(28)19(3)4/h7-12,15-16,18-19H,13-14,17H2,1-6H3. The smallest absolute Gasteiger partial charge is 0.434 e. The van der Waals surface area contributed by atoms with Crippen LogP contribution in [0.1, 0.15) is 88.0 Å². The van der Waals surface area contributed by atoms with Crippen molar-refractivity contribution >= 4 is 0 Å². The lowest BCUT2D eigenvalue weighted by Crippen LogP contribution is -2.15. The molecule has 0 saturated heterocycles. The fraction of sp³-hybridized carbons (Fsp3) is 0.419. The Kier molecular flexibility index (Phi) is 7.18. The molecule has 0 bridgehead atoms. The summed E-state index contributed by atoms with van der Waals surface area (Å²) in [5, 5.41) is 0. The number of aromatic nitrogens is 5. The van der Waals surface area contributed by atoms with Crippen molar-refractivity contribution in [3.63, 3.8) is 0 Å². The first-order valence-corrected chi connectivity index (χ1v) is 13.6. The van der Waals surface area contributed by atoms with Crippen LogP contribution >= 0.6 is 0 Å². The van der Waals surface area contributed by atoms with Crippen molar-refractivity contribution in [1.29, 1.82) is 0 Å². The largest absolute Gasteiger partial charge is 0.472 e. The molecule has 5 rings (SSSR count). The molecule has 1 aromatic carbocycles. The molecule has 0 fully saturated rings. The molecule has 0 amide bonds. The number of fused-ring (bicyclic) bond motifs is 1. The Morgan fingerprint density at radius 2 is 1.75 bits per heavy atom. The SMILES string of the molecule is CC(C)c1ccccc1-c1nc(OCc2ccc(-c3nc(C(F)(F)F)cn3C(C)C)nc2)c2c(n1)C(C)(C)CC2. The number of halogens is 3. The molecule has 0 radical (unpaired) electrons. The van der Waals surface area contributed by atoms with E-state index in [1.54, 1.807) is 18.3 Å². The number of nitrogens with zero attached hydrogens (tertiary/aromatic N) is 5. The van der Waals surface area contributed by atoms with Crippen LogP contribution in [-0.2, 0) is 24.6 Å². The van der Waals surface area contributed by atoms with Crippen LogP contribution in [0.25, 0.3) is 22.9 Å². The minimum absolute atomic E-state index is 0.0886. The first-order valence-electron chi connectivity index (χ1n) is 13.6. The number of hydrogen-bond acceptors (Lipinski definition) is 5. The molecule has 1 aliphatic rings. The molecule has 0 N–H and O–H groups in total. The van der Waals surface area contributed by atoms with E-state index in [1.807, 2.05) is 26.0 Å². The Bertz CT molecular complexity index is 1520. The zero-order valence-electron chi connectivity index (χ0n) is 23.7. The highest BCUT2D eigenvalue weighted by Gasteiger charge is 2.36. The highest BCUT2D eigenvalue weighted by Crippen LogP contribution is 2.42. The lowest BCUT2D eigenvalue weighted by Gasteiger charge is -2.20. The molecule has 0 aliphatic heterocycles. The van der Waals surface area contributed by atoms with E-state index in [0.717, 1.165) is 41.4 Å². The van der Waals surface area contributed by atoms with Gasteiger partial charge in [-0.1, -0.05) is 58.0 Å². The van der Waals surface area contributed by atoms with E-state index in [0.29, 0.717) is 23.3 Å². The second kappa shape index (κ2) is 10.3. The molecule has 9 heteroatoms. The maximum absolute atomic E-state index is 13.3. The molecule has 40 heavy (non-hydrogen) atoms. The summed E-state index contributed by atoms with van der Waals surface area (Å²) in [6, 6.07) is 11.5. The summed E-state index contributed by atoms with van der Waals surface area (Å²) in [5.41, 5.74) is 4.34. The van der Waals surface area contributed by atoms with Crippen LogP contribution in [0.3, 0.4) is 0 Å². The van der Waals surface area contributed by atoms with Gasteiger partial charge in [0, 0.05) is 40.5 Å². The van der Waals surface area contributed by atoms with Crippen molar-refractivity contribution in [2.45, 2.75) is 84.5 Å². The van der Waals surface area contributed by atoms with Gasteiger partial charge >= 0.3 is 6.18 Å². The Balaban J connectivity index is 1.44. The number of hydrogen-bond donors (Lipinski definition) is 0. The van der Waals surface area contributed by atoms with Gasteiger partial charge in [-0.15, -0.1) is 0 Å². The van der Waals surface area contributed by atoms with Gasteiger partial charge in [0.15, 0.2) is 17.3 Å². The predicted molar refractivity (Wildman–Crippen MR) is 148 cm³/mol. The lowest BCUT2D eigenvalue weighted by molar-refractivity contribution is -0.140. The molecule has 0 unspecified atom stereocenters. The minimum Gasteiger partial charge on any atom is -0.472 e. The maximum Gasteiger partial charge on any atom is 0.434 e. The van der Waals surface area contributed by atoms with Gasteiger partial charge < -0.3 is 9.30 Å². The molecule has 3 aromatic heterocycles. The Labute approximate surface area is 232 Å². The second-order valence-corrected chi connectivity index (χ2v) is 11.6. The van der Waals surface area contributed by atoms with Crippen LogP contribution in [0.2, 0.25) is 0 Å². The first kappa shape index (κ1) is 27.8. The number of rotatable bonds is 7. The average Bonchev–Trinajstić information content (AvgIpc) is 3.50. The number of imidazole rings is 1. The normalized spacial score (nSPS) is 14.7. The zero-order valence-corrected chi connectivity index (χ0v) is 23.7. The summed E-state index contributed by atoms with van der Waals surface area (Å²) >= 11 is 0. The van der Waals surface area contributed by atoms with E-state index >= 15 is 0 Å². The number of ether oxygens (including phenoxy) is 1. The Morgan fingerprint density at radius 3 is 2.40 bits per heavy atom. The number of alkyl halides is 3. The third kappa shape index (κ3) is 5.33. The molecule has 6 nitrogen and oxygen atoms in total. The van der Waals surface area contributed by atoms with Crippen LogP contribution in [0.5, 0.6) is 5.88 Å². The summed E-state index contributed by atoms with van der Waals surface area (Å²) < 4.78 is 47.7. The van der Waals surface area contributed by atoms with E-state index in [9.17, 15) is 13.2 Å².